The lowest BCUT2D eigenvalue weighted by molar-refractivity contribution is 0.0966. The predicted octanol–water partition coefficient (Wildman–Crippen LogP) is 2.87. The Morgan fingerprint density at radius 1 is 1.29 bits per heavy atom. The zero-order valence-corrected chi connectivity index (χ0v) is 11.0. The van der Waals surface area contributed by atoms with Crippen molar-refractivity contribution in [2.24, 2.45) is 5.92 Å². The molecule has 2 unspecified atom stereocenters. The molecular formula is C14H21NOS. The summed E-state index contributed by atoms with van der Waals surface area (Å²) in [6, 6.07) is 3.02. The molecule has 17 heavy (non-hydrogen) atoms. The summed E-state index contributed by atoms with van der Waals surface area (Å²) in [6.45, 7) is 2.18. The van der Waals surface area contributed by atoms with Gasteiger partial charge in [-0.3, -0.25) is 4.90 Å². The number of aliphatic hydroxyl groups is 1. The van der Waals surface area contributed by atoms with Crippen molar-refractivity contribution in [2.75, 3.05) is 6.54 Å². The molecule has 0 aromatic carbocycles. The van der Waals surface area contributed by atoms with Crippen molar-refractivity contribution in [2.45, 2.75) is 50.8 Å². The maximum atomic E-state index is 9.94. The molecule has 0 saturated heterocycles. The van der Waals surface area contributed by atoms with Crippen molar-refractivity contribution < 1.29 is 5.11 Å². The van der Waals surface area contributed by atoms with Gasteiger partial charge in [0.05, 0.1) is 6.10 Å². The van der Waals surface area contributed by atoms with E-state index in [9.17, 15) is 5.11 Å². The van der Waals surface area contributed by atoms with Gasteiger partial charge in [0.15, 0.2) is 0 Å². The van der Waals surface area contributed by atoms with Crippen molar-refractivity contribution >= 4 is 11.3 Å². The second kappa shape index (κ2) is 5.09. The highest BCUT2D eigenvalue weighted by molar-refractivity contribution is 7.07. The Balaban J connectivity index is 1.60. The molecule has 1 N–H and O–H groups in total. The van der Waals surface area contributed by atoms with E-state index in [-0.39, 0.29) is 6.10 Å². The molecule has 2 nitrogen and oxygen atoms in total. The summed E-state index contributed by atoms with van der Waals surface area (Å²) in [5.41, 5.74) is 1.44. The first-order valence-corrected chi connectivity index (χ1v) is 7.70. The summed E-state index contributed by atoms with van der Waals surface area (Å²) in [4.78, 5) is 2.60. The van der Waals surface area contributed by atoms with Crippen LogP contribution in [0, 0.1) is 5.92 Å². The van der Waals surface area contributed by atoms with E-state index in [0.29, 0.717) is 5.92 Å². The lowest BCUT2D eigenvalue weighted by atomic mass is 10.1. The van der Waals surface area contributed by atoms with Crippen LogP contribution in [0.4, 0.5) is 0 Å². The molecular weight excluding hydrogens is 230 g/mol. The van der Waals surface area contributed by atoms with E-state index in [4.69, 9.17) is 0 Å². The summed E-state index contributed by atoms with van der Waals surface area (Å²) in [6.07, 6.45) is 6.11. The zero-order chi connectivity index (χ0) is 11.7. The van der Waals surface area contributed by atoms with E-state index < -0.39 is 0 Å². The highest BCUT2D eigenvalue weighted by Gasteiger charge is 2.34. The van der Waals surface area contributed by atoms with Crippen molar-refractivity contribution in [1.29, 1.82) is 0 Å². The normalized spacial score (nSPS) is 29.1. The Hall–Kier alpha value is -0.380. The van der Waals surface area contributed by atoms with Gasteiger partial charge in [-0.1, -0.05) is 6.42 Å². The molecule has 1 aromatic rings. The van der Waals surface area contributed by atoms with Crippen molar-refractivity contribution in [3.05, 3.63) is 22.4 Å². The minimum Gasteiger partial charge on any atom is -0.393 e. The number of aliphatic hydroxyl groups excluding tert-OH is 1. The van der Waals surface area contributed by atoms with Gasteiger partial charge < -0.3 is 5.11 Å². The third kappa shape index (κ3) is 2.90. The van der Waals surface area contributed by atoms with Gasteiger partial charge in [-0.15, -0.1) is 0 Å². The molecule has 2 saturated carbocycles. The van der Waals surface area contributed by atoms with Crippen molar-refractivity contribution in [3.63, 3.8) is 0 Å². The first-order chi connectivity index (χ1) is 8.33. The fraction of sp³-hybridized carbons (Fsp3) is 0.714. The quantitative estimate of drug-likeness (QED) is 0.870. The molecule has 1 aromatic heterocycles. The number of hydrogen-bond donors (Lipinski definition) is 1. The maximum absolute atomic E-state index is 9.94. The summed E-state index contributed by atoms with van der Waals surface area (Å²) in [7, 11) is 0. The first kappa shape index (κ1) is 11.7. The Morgan fingerprint density at radius 2 is 2.18 bits per heavy atom. The molecule has 0 radical (unpaired) electrons. The largest absolute Gasteiger partial charge is 0.393 e. The number of hydrogen-bond acceptors (Lipinski definition) is 3. The van der Waals surface area contributed by atoms with E-state index in [1.807, 2.05) is 0 Å². The third-order valence-corrected chi connectivity index (χ3v) is 4.85. The fourth-order valence-electron chi connectivity index (χ4n) is 2.93. The molecule has 0 amide bonds. The molecule has 2 aliphatic carbocycles. The van der Waals surface area contributed by atoms with E-state index in [0.717, 1.165) is 25.6 Å². The van der Waals surface area contributed by atoms with Crippen LogP contribution in [0.15, 0.2) is 16.8 Å². The second-order valence-corrected chi connectivity index (χ2v) is 6.33. The lowest BCUT2D eigenvalue weighted by Crippen LogP contribution is -2.33. The van der Waals surface area contributed by atoms with Gasteiger partial charge in [0.1, 0.15) is 0 Å². The van der Waals surface area contributed by atoms with Crippen molar-refractivity contribution in [3.8, 4) is 0 Å². The predicted molar refractivity (Wildman–Crippen MR) is 71.1 cm³/mol. The van der Waals surface area contributed by atoms with Crippen LogP contribution in [0.25, 0.3) is 0 Å². The summed E-state index contributed by atoms with van der Waals surface area (Å²) < 4.78 is 0. The van der Waals surface area contributed by atoms with Gasteiger partial charge in [-0.05, 0) is 54.0 Å². The molecule has 1 heterocycles. The van der Waals surface area contributed by atoms with Gasteiger partial charge in [0.2, 0.25) is 0 Å². The van der Waals surface area contributed by atoms with Gasteiger partial charge in [-0.25, -0.2) is 0 Å². The smallest absolute Gasteiger partial charge is 0.0580 e. The van der Waals surface area contributed by atoms with Gasteiger partial charge in [-0.2, -0.15) is 11.3 Å². The van der Waals surface area contributed by atoms with Crippen LogP contribution in [0.3, 0.4) is 0 Å². The summed E-state index contributed by atoms with van der Waals surface area (Å²) >= 11 is 1.78. The Bertz CT molecular complexity index is 347. The molecule has 3 heteroatoms. The fourth-order valence-corrected chi connectivity index (χ4v) is 3.59. The van der Waals surface area contributed by atoms with Crippen LogP contribution < -0.4 is 0 Å². The summed E-state index contributed by atoms with van der Waals surface area (Å²) in [5, 5.41) is 14.3. The Labute approximate surface area is 107 Å². The molecule has 0 bridgehead atoms. The topological polar surface area (TPSA) is 23.5 Å². The van der Waals surface area contributed by atoms with Crippen LogP contribution in [0.2, 0.25) is 0 Å². The average molecular weight is 251 g/mol. The van der Waals surface area contributed by atoms with E-state index in [1.54, 1.807) is 11.3 Å². The number of thiophene rings is 1. The third-order valence-electron chi connectivity index (χ3n) is 4.12. The van der Waals surface area contributed by atoms with Crippen molar-refractivity contribution in [1.82, 2.24) is 4.90 Å². The maximum Gasteiger partial charge on any atom is 0.0580 e. The first-order valence-electron chi connectivity index (χ1n) is 6.76. The highest BCUT2D eigenvalue weighted by atomic mass is 32.1. The number of rotatable bonds is 5. The number of nitrogens with zero attached hydrogens (tertiary/aromatic N) is 1. The van der Waals surface area contributed by atoms with Crippen LogP contribution in [0.5, 0.6) is 0 Å². The van der Waals surface area contributed by atoms with Crippen LogP contribution in [0.1, 0.15) is 37.7 Å². The van der Waals surface area contributed by atoms with Crippen LogP contribution in [-0.2, 0) is 6.54 Å². The van der Waals surface area contributed by atoms with Gasteiger partial charge in [0.25, 0.3) is 0 Å². The standard InChI is InChI=1S/C14H21NOS/c16-14-3-1-2-12(14)9-15(13-4-5-13)8-11-6-7-17-10-11/h6-7,10,12-14,16H,1-5,8-9H2. The average Bonchev–Trinajstić information content (AvgIpc) is 2.91. The van der Waals surface area contributed by atoms with Crippen LogP contribution >= 0.6 is 11.3 Å². The minimum atomic E-state index is -0.0428. The molecule has 94 valence electrons. The minimum absolute atomic E-state index is 0.0428. The van der Waals surface area contributed by atoms with E-state index in [2.05, 4.69) is 21.7 Å². The summed E-state index contributed by atoms with van der Waals surface area (Å²) in [5.74, 6) is 0.522. The zero-order valence-electron chi connectivity index (χ0n) is 10.2. The monoisotopic (exact) mass is 251 g/mol. The highest BCUT2D eigenvalue weighted by Crippen LogP contribution is 2.33. The molecule has 2 fully saturated rings. The lowest BCUT2D eigenvalue weighted by Gasteiger charge is -2.26. The molecule has 3 rings (SSSR count). The Kier molecular flexibility index (Phi) is 3.50. The van der Waals surface area contributed by atoms with Crippen LogP contribution in [-0.4, -0.2) is 28.7 Å². The van der Waals surface area contributed by atoms with Gasteiger partial charge in [0, 0.05) is 19.1 Å². The SMILES string of the molecule is OC1CCCC1CN(Cc1ccsc1)C1CC1. The van der Waals surface area contributed by atoms with E-state index >= 15 is 0 Å². The molecule has 2 aliphatic rings. The van der Waals surface area contributed by atoms with E-state index in [1.165, 1.54) is 31.2 Å². The van der Waals surface area contributed by atoms with Gasteiger partial charge >= 0.3 is 0 Å². The molecule has 0 aliphatic heterocycles. The second-order valence-electron chi connectivity index (χ2n) is 5.55. The molecule has 0 spiro atoms. The molecule has 2 atom stereocenters. The Morgan fingerprint density at radius 3 is 2.76 bits per heavy atom.